The van der Waals surface area contributed by atoms with Gasteiger partial charge in [0.15, 0.2) is 0 Å². The summed E-state index contributed by atoms with van der Waals surface area (Å²) in [6, 6.07) is 12.7. The molecule has 3 nitrogen and oxygen atoms in total. The molecule has 4 aromatic rings. The third-order valence-electron chi connectivity index (χ3n) is 5.75. The van der Waals surface area contributed by atoms with Crippen LogP contribution in [0.25, 0.3) is 33.3 Å². The Labute approximate surface area is 175 Å². The van der Waals surface area contributed by atoms with Crippen LogP contribution in [0.15, 0.2) is 54.6 Å². The minimum absolute atomic E-state index is 0.00839. The minimum Gasteiger partial charge on any atom is -0.478 e. The molecule has 0 saturated heterocycles. The summed E-state index contributed by atoms with van der Waals surface area (Å²) in [5, 5.41) is 10.1. The molecule has 3 aromatic carbocycles. The van der Waals surface area contributed by atoms with Crippen LogP contribution < -0.4 is 0 Å². The third-order valence-corrected chi connectivity index (χ3v) is 5.75. The monoisotopic (exact) mass is 419 g/mol. The lowest BCUT2D eigenvalue weighted by Gasteiger charge is -2.15. The predicted molar refractivity (Wildman–Crippen MR) is 111 cm³/mol. The van der Waals surface area contributed by atoms with E-state index in [1.807, 2.05) is 0 Å². The Hall–Kier alpha value is -3.67. The van der Waals surface area contributed by atoms with Gasteiger partial charge in [-0.05, 0) is 66.8 Å². The Morgan fingerprint density at radius 2 is 1.68 bits per heavy atom. The van der Waals surface area contributed by atoms with Crippen molar-refractivity contribution in [1.82, 2.24) is 4.98 Å². The molecule has 0 unspecified atom stereocenters. The van der Waals surface area contributed by atoms with Crippen molar-refractivity contribution in [2.75, 3.05) is 0 Å². The molecule has 0 aliphatic heterocycles. The number of fused-ring (bicyclic) bond motifs is 4. The molecule has 6 heteroatoms. The number of nitrogens with zero attached hydrogens (tertiary/aromatic N) is 1. The van der Waals surface area contributed by atoms with Gasteiger partial charge in [0.2, 0.25) is 0 Å². The molecule has 1 aromatic heterocycles. The van der Waals surface area contributed by atoms with Gasteiger partial charge in [0.1, 0.15) is 17.5 Å². The lowest BCUT2D eigenvalue weighted by molar-refractivity contribution is 0.0698. The molecule has 1 aliphatic carbocycles. The quantitative estimate of drug-likeness (QED) is 0.423. The molecule has 0 spiro atoms. The van der Waals surface area contributed by atoms with Crippen LogP contribution in [-0.4, -0.2) is 16.1 Å². The van der Waals surface area contributed by atoms with E-state index in [2.05, 4.69) is 4.98 Å². The van der Waals surface area contributed by atoms with Crippen molar-refractivity contribution in [3.8, 4) is 22.4 Å². The van der Waals surface area contributed by atoms with Crippen LogP contribution in [0, 0.1) is 17.5 Å². The van der Waals surface area contributed by atoms with E-state index in [9.17, 15) is 18.7 Å². The van der Waals surface area contributed by atoms with Crippen molar-refractivity contribution in [3.05, 3.63) is 88.7 Å². The van der Waals surface area contributed by atoms with Crippen molar-refractivity contribution in [2.45, 2.75) is 19.3 Å². The topological polar surface area (TPSA) is 50.2 Å². The molecule has 1 aliphatic rings. The highest BCUT2D eigenvalue weighted by Gasteiger charge is 2.26. The molecule has 31 heavy (non-hydrogen) atoms. The van der Waals surface area contributed by atoms with E-state index < -0.39 is 23.4 Å². The van der Waals surface area contributed by atoms with Gasteiger partial charge in [-0.15, -0.1) is 0 Å². The Balaban J connectivity index is 1.80. The highest BCUT2D eigenvalue weighted by molar-refractivity contribution is 6.06. The molecular formula is C25H16F3NO2. The first kappa shape index (κ1) is 19.3. The SMILES string of the molecule is O=C(O)c1c2c(nc3ccc(F)cc13)-c1cc(F)c(-c3ccccc3F)cc1CCC2. The second kappa shape index (κ2) is 7.23. The first-order valence-corrected chi connectivity index (χ1v) is 9.87. The molecular weight excluding hydrogens is 403 g/mol. The zero-order chi connectivity index (χ0) is 21.7. The first-order valence-electron chi connectivity index (χ1n) is 9.87. The molecule has 5 rings (SSSR count). The molecule has 0 saturated carbocycles. The lowest BCUT2D eigenvalue weighted by atomic mass is 9.93. The predicted octanol–water partition coefficient (Wildman–Crippen LogP) is 6.17. The first-order chi connectivity index (χ1) is 14.9. The number of carbonyl (C=O) groups is 1. The number of pyridine rings is 1. The van der Waals surface area contributed by atoms with Gasteiger partial charge in [-0.2, -0.15) is 0 Å². The summed E-state index contributed by atoms with van der Waals surface area (Å²) < 4.78 is 43.2. The second-order valence-corrected chi connectivity index (χ2v) is 7.60. The fourth-order valence-corrected chi connectivity index (χ4v) is 4.37. The molecule has 0 amide bonds. The van der Waals surface area contributed by atoms with Crippen LogP contribution in [0.4, 0.5) is 13.2 Å². The van der Waals surface area contributed by atoms with Crippen LogP contribution in [-0.2, 0) is 12.8 Å². The van der Waals surface area contributed by atoms with Crippen molar-refractivity contribution >= 4 is 16.9 Å². The molecule has 0 atom stereocenters. The molecule has 0 fully saturated rings. The number of carboxylic acids is 1. The van der Waals surface area contributed by atoms with E-state index in [0.717, 1.165) is 5.56 Å². The van der Waals surface area contributed by atoms with Crippen LogP contribution in [0.3, 0.4) is 0 Å². The highest BCUT2D eigenvalue weighted by Crippen LogP contribution is 2.39. The van der Waals surface area contributed by atoms with Gasteiger partial charge < -0.3 is 5.11 Å². The minimum atomic E-state index is -1.18. The Kier molecular flexibility index (Phi) is 4.50. The number of aryl methyl sites for hydroxylation is 1. The average Bonchev–Trinajstić information content (AvgIpc) is 2.90. The van der Waals surface area contributed by atoms with Crippen LogP contribution in [0.5, 0.6) is 0 Å². The Morgan fingerprint density at radius 1 is 0.871 bits per heavy atom. The standard InChI is InChI=1S/C25H16F3NO2/c26-14-8-9-22-19(11-14)23(25(30)31)16-6-3-4-13-10-18(15-5-1-2-7-20(15)27)21(28)12-17(13)24(16)29-22/h1-2,5,7-12H,3-4,6H2,(H,30,31). The van der Waals surface area contributed by atoms with Gasteiger partial charge in [0.25, 0.3) is 0 Å². The summed E-state index contributed by atoms with van der Waals surface area (Å²) in [5.41, 5.74) is 2.73. The normalized spacial score (nSPS) is 12.9. The van der Waals surface area contributed by atoms with Crippen LogP contribution >= 0.6 is 0 Å². The van der Waals surface area contributed by atoms with Gasteiger partial charge in [-0.25, -0.2) is 22.9 Å². The maximum absolute atomic E-state index is 15.1. The van der Waals surface area contributed by atoms with Gasteiger partial charge >= 0.3 is 5.97 Å². The maximum Gasteiger partial charge on any atom is 0.336 e. The largest absolute Gasteiger partial charge is 0.478 e. The Morgan fingerprint density at radius 3 is 2.45 bits per heavy atom. The summed E-state index contributed by atoms with van der Waals surface area (Å²) in [7, 11) is 0. The molecule has 1 N–H and O–H groups in total. The number of carboxylic acid groups (broad SMARTS) is 1. The summed E-state index contributed by atoms with van der Waals surface area (Å²) >= 11 is 0. The van der Waals surface area contributed by atoms with Gasteiger partial charge in [0, 0.05) is 22.1 Å². The fraction of sp³-hybridized carbons (Fsp3) is 0.120. The number of hydrogen-bond donors (Lipinski definition) is 1. The van der Waals surface area contributed by atoms with Crippen molar-refractivity contribution < 1.29 is 23.1 Å². The maximum atomic E-state index is 15.1. The van der Waals surface area contributed by atoms with Crippen molar-refractivity contribution in [2.24, 2.45) is 0 Å². The van der Waals surface area contributed by atoms with Crippen LogP contribution in [0.1, 0.15) is 27.9 Å². The third kappa shape index (κ3) is 3.15. The summed E-state index contributed by atoms with van der Waals surface area (Å²) in [6.45, 7) is 0. The highest BCUT2D eigenvalue weighted by atomic mass is 19.1. The number of halogens is 3. The van der Waals surface area contributed by atoms with Gasteiger partial charge in [-0.1, -0.05) is 18.2 Å². The fourth-order valence-electron chi connectivity index (χ4n) is 4.37. The zero-order valence-electron chi connectivity index (χ0n) is 16.3. The number of benzene rings is 3. The van der Waals surface area contributed by atoms with Gasteiger partial charge in [-0.3, -0.25) is 0 Å². The molecule has 0 radical (unpaired) electrons. The van der Waals surface area contributed by atoms with E-state index in [-0.39, 0.29) is 22.1 Å². The van der Waals surface area contributed by atoms with Crippen molar-refractivity contribution in [1.29, 1.82) is 0 Å². The second-order valence-electron chi connectivity index (χ2n) is 7.60. The molecule has 1 heterocycles. The lowest BCUT2D eigenvalue weighted by Crippen LogP contribution is -2.07. The van der Waals surface area contributed by atoms with E-state index in [0.29, 0.717) is 41.6 Å². The van der Waals surface area contributed by atoms with Gasteiger partial charge in [0.05, 0.1) is 16.8 Å². The van der Waals surface area contributed by atoms with Crippen LogP contribution in [0.2, 0.25) is 0 Å². The van der Waals surface area contributed by atoms with E-state index in [4.69, 9.17) is 0 Å². The zero-order valence-corrected chi connectivity index (χ0v) is 16.3. The summed E-state index contributed by atoms with van der Waals surface area (Å²) in [6.07, 6.45) is 1.56. The van der Waals surface area contributed by atoms with E-state index in [1.54, 1.807) is 18.2 Å². The number of aromatic nitrogens is 1. The smallest absolute Gasteiger partial charge is 0.336 e. The summed E-state index contributed by atoms with van der Waals surface area (Å²) in [5.74, 6) is -2.86. The van der Waals surface area contributed by atoms with E-state index in [1.165, 1.54) is 36.4 Å². The number of hydrogen-bond acceptors (Lipinski definition) is 2. The molecule has 0 bridgehead atoms. The number of aromatic carboxylic acids is 1. The van der Waals surface area contributed by atoms with E-state index >= 15 is 4.39 Å². The van der Waals surface area contributed by atoms with Crippen molar-refractivity contribution in [3.63, 3.8) is 0 Å². The average molecular weight is 419 g/mol. The molecule has 154 valence electrons. The Bertz CT molecular complexity index is 1380. The number of rotatable bonds is 2. The summed E-state index contributed by atoms with van der Waals surface area (Å²) in [4.78, 5) is 16.7.